The number of anilines is 1. The largest absolute Gasteiger partial charge is 0.369 e. The molecule has 6 heteroatoms. The fraction of sp³-hybridized carbons (Fsp3) is 0.529. The van der Waals surface area contributed by atoms with Crippen LogP contribution in [0.2, 0.25) is 0 Å². The molecule has 1 amide bonds. The third kappa shape index (κ3) is 3.57. The zero-order valence-electron chi connectivity index (χ0n) is 13.7. The fourth-order valence-electron chi connectivity index (χ4n) is 2.91. The van der Waals surface area contributed by atoms with Crippen molar-refractivity contribution < 1.29 is 4.79 Å². The van der Waals surface area contributed by atoms with Gasteiger partial charge in [-0.15, -0.1) is 0 Å². The number of amides is 1. The van der Waals surface area contributed by atoms with E-state index in [1.54, 1.807) is 12.4 Å². The first-order chi connectivity index (χ1) is 11.2. The number of pyridine rings is 1. The van der Waals surface area contributed by atoms with Crippen molar-refractivity contribution in [3.63, 3.8) is 0 Å². The average molecular weight is 313 g/mol. The minimum absolute atomic E-state index is 0.0373. The Balaban J connectivity index is 1.73. The van der Waals surface area contributed by atoms with E-state index in [9.17, 15) is 4.79 Å². The van der Waals surface area contributed by atoms with Gasteiger partial charge < -0.3 is 10.2 Å². The summed E-state index contributed by atoms with van der Waals surface area (Å²) in [4.78, 5) is 27.5. The van der Waals surface area contributed by atoms with Gasteiger partial charge in [-0.2, -0.15) is 0 Å². The van der Waals surface area contributed by atoms with Crippen molar-refractivity contribution in [3.05, 3.63) is 24.7 Å². The van der Waals surface area contributed by atoms with Crippen molar-refractivity contribution in [1.29, 1.82) is 0 Å². The average Bonchev–Trinajstić information content (AvgIpc) is 2.61. The molecule has 0 saturated carbocycles. The Kier molecular flexibility index (Phi) is 4.69. The summed E-state index contributed by atoms with van der Waals surface area (Å²) < 4.78 is 0. The van der Waals surface area contributed by atoms with Crippen LogP contribution in [-0.2, 0) is 4.79 Å². The summed E-state index contributed by atoms with van der Waals surface area (Å²) in [6, 6.07) is 2.24. The van der Waals surface area contributed by atoms with E-state index < -0.39 is 0 Å². The van der Waals surface area contributed by atoms with Gasteiger partial charge in [0.1, 0.15) is 5.52 Å². The van der Waals surface area contributed by atoms with Crippen molar-refractivity contribution in [2.24, 2.45) is 5.92 Å². The smallest absolute Gasteiger partial charge is 0.225 e. The topological polar surface area (TPSA) is 71.0 Å². The number of carbonyl (C=O) groups is 1. The molecule has 23 heavy (non-hydrogen) atoms. The molecule has 1 aliphatic rings. The molecule has 3 rings (SSSR count). The fourth-order valence-corrected chi connectivity index (χ4v) is 2.91. The summed E-state index contributed by atoms with van der Waals surface area (Å²) in [7, 11) is 0. The maximum absolute atomic E-state index is 12.4. The highest BCUT2D eigenvalue weighted by molar-refractivity contribution is 5.80. The molecular formula is C17H23N5O. The number of aromatic nitrogens is 3. The number of nitrogens with zero attached hydrogens (tertiary/aromatic N) is 4. The number of carbonyl (C=O) groups excluding carboxylic acids is 1. The lowest BCUT2D eigenvalue weighted by molar-refractivity contribution is -0.125. The Bertz CT molecular complexity index is 689. The normalized spacial score (nSPS) is 19.6. The van der Waals surface area contributed by atoms with E-state index in [1.165, 1.54) is 0 Å². The van der Waals surface area contributed by atoms with Crippen molar-refractivity contribution in [1.82, 2.24) is 20.3 Å². The van der Waals surface area contributed by atoms with Crippen LogP contribution in [0.3, 0.4) is 0 Å². The molecule has 0 bridgehead atoms. The van der Waals surface area contributed by atoms with Crippen molar-refractivity contribution in [2.45, 2.75) is 39.2 Å². The number of fused-ring (bicyclic) bond motifs is 1. The molecule has 0 aromatic carbocycles. The summed E-state index contributed by atoms with van der Waals surface area (Å²) in [5.41, 5.74) is 2.45. The van der Waals surface area contributed by atoms with Gasteiger partial charge in [-0.1, -0.05) is 6.92 Å². The van der Waals surface area contributed by atoms with Crippen LogP contribution in [0.5, 0.6) is 0 Å². The summed E-state index contributed by atoms with van der Waals surface area (Å²) in [6.45, 7) is 5.81. The van der Waals surface area contributed by atoms with Crippen LogP contribution in [-0.4, -0.2) is 40.0 Å². The second-order valence-corrected chi connectivity index (χ2v) is 6.20. The zero-order valence-corrected chi connectivity index (χ0v) is 13.7. The number of rotatable bonds is 4. The van der Waals surface area contributed by atoms with Crippen LogP contribution >= 0.6 is 0 Å². The van der Waals surface area contributed by atoms with Gasteiger partial charge in [-0.05, 0) is 32.3 Å². The van der Waals surface area contributed by atoms with Crippen LogP contribution in [0.15, 0.2) is 24.7 Å². The Morgan fingerprint density at radius 3 is 3.04 bits per heavy atom. The maximum atomic E-state index is 12.4. The summed E-state index contributed by atoms with van der Waals surface area (Å²) >= 11 is 0. The van der Waals surface area contributed by atoms with Crippen LogP contribution in [0.4, 0.5) is 5.69 Å². The van der Waals surface area contributed by atoms with Gasteiger partial charge in [0.25, 0.3) is 0 Å². The van der Waals surface area contributed by atoms with Crippen molar-refractivity contribution >= 4 is 22.8 Å². The van der Waals surface area contributed by atoms with Crippen LogP contribution in [0, 0.1) is 5.92 Å². The predicted molar refractivity (Wildman–Crippen MR) is 90.2 cm³/mol. The van der Waals surface area contributed by atoms with E-state index in [1.807, 2.05) is 19.2 Å². The molecule has 1 fully saturated rings. The van der Waals surface area contributed by atoms with Gasteiger partial charge in [0.15, 0.2) is 5.65 Å². The third-order valence-electron chi connectivity index (χ3n) is 4.47. The third-order valence-corrected chi connectivity index (χ3v) is 4.47. The molecule has 2 aromatic heterocycles. The molecule has 2 atom stereocenters. The highest BCUT2D eigenvalue weighted by Crippen LogP contribution is 2.24. The van der Waals surface area contributed by atoms with Gasteiger partial charge in [-0.25, -0.2) is 9.97 Å². The van der Waals surface area contributed by atoms with E-state index in [4.69, 9.17) is 0 Å². The standard InChI is InChI=1S/C17H23N5O/c1-3-12(2)21-17(23)13-5-4-8-22(11-13)14-9-15-16(20-10-14)19-7-6-18-15/h6-7,9-10,12-13H,3-5,8,11H2,1-2H3,(H,21,23)/t12-,13-/m1/s1. The molecular weight excluding hydrogens is 290 g/mol. The number of hydrogen-bond acceptors (Lipinski definition) is 5. The van der Waals surface area contributed by atoms with Gasteiger partial charge in [0, 0.05) is 31.5 Å². The molecule has 0 spiro atoms. The molecule has 0 unspecified atom stereocenters. The van der Waals surface area contributed by atoms with Crippen molar-refractivity contribution in [2.75, 3.05) is 18.0 Å². The lowest BCUT2D eigenvalue weighted by atomic mass is 9.96. The monoisotopic (exact) mass is 313 g/mol. The first-order valence-corrected chi connectivity index (χ1v) is 8.29. The van der Waals surface area contributed by atoms with E-state index >= 15 is 0 Å². The first kappa shape index (κ1) is 15.6. The minimum Gasteiger partial charge on any atom is -0.369 e. The molecule has 1 N–H and O–H groups in total. The summed E-state index contributed by atoms with van der Waals surface area (Å²) in [5, 5.41) is 3.10. The first-order valence-electron chi connectivity index (χ1n) is 8.29. The van der Waals surface area contributed by atoms with E-state index in [-0.39, 0.29) is 17.9 Å². The predicted octanol–water partition coefficient (Wildman–Crippen LogP) is 2.16. The Morgan fingerprint density at radius 1 is 1.39 bits per heavy atom. The van der Waals surface area contributed by atoms with Gasteiger partial charge in [0.2, 0.25) is 5.91 Å². The number of hydrogen-bond donors (Lipinski definition) is 1. The molecule has 6 nitrogen and oxygen atoms in total. The Morgan fingerprint density at radius 2 is 2.22 bits per heavy atom. The zero-order chi connectivity index (χ0) is 16.2. The number of piperidine rings is 1. The lowest BCUT2D eigenvalue weighted by Crippen LogP contribution is -2.45. The SMILES string of the molecule is CC[C@@H](C)NC(=O)[C@@H]1CCCN(c2cnc3nccnc3c2)C1. The van der Waals surface area contributed by atoms with Crippen LogP contribution in [0.1, 0.15) is 33.1 Å². The Hall–Kier alpha value is -2.24. The quantitative estimate of drug-likeness (QED) is 0.936. The molecule has 0 radical (unpaired) electrons. The second kappa shape index (κ2) is 6.89. The minimum atomic E-state index is 0.0373. The molecule has 0 aliphatic carbocycles. The van der Waals surface area contributed by atoms with Gasteiger partial charge in [0.05, 0.1) is 17.8 Å². The number of nitrogens with one attached hydrogen (secondary N) is 1. The van der Waals surface area contributed by atoms with E-state index in [2.05, 4.69) is 32.1 Å². The maximum Gasteiger partial charge on any atom is 0.225 e. The van der Waals surface area contributed by atoms with Gasteiger partial charge >= 0.3 is 0 Å². The van der Waals surface area contributed by atoms with Crippen molar-refractivity contribution in [3.8, 4) is 0 Å². The van der Waals surface area contributed by atoms with Crippen LogP contribution < -0.4 is 10.2 Å². The molecule has 122 valence electrons. The second-order valence-electron chi connectivity index (χ2n) is 6.20. The molecule has 3 heterocycles. The summed E-state index contributed by atoms with van der Waals surface area (Å²) in [6.07, 6.45) is 8.05. The lowest BCUT2D eigenvalue weighted by Gasteiger charge is -2.34. The van der Waals surface area contributed by atoms with E-state index in [0.29, 0.717) is 5.65 Å². The Labute approximate surface area is 136 Å². The highest BCUT2D eigenvalue weighted by Gasteiger charge is 2.26. The highest BCUT2D eigenvalue weighted by atomic mass is 16.2. The summed E-state index contributed by atoms with van der Waals surface area (Å²) in [5.74, 6) is 0.202. The molecule has 1 saturated heterocycles. The molecule has 2 aromatic rings. The molecule has 1 aliphatic heterocycles. The van der Waals surface area contributed by atoms with Gasteiger partial charge in [-0.3, -0.25) is 9.78 Å². The van der Waals surface area contributed by atoms with Crippen LogP contribution in [0.25, 0.3) is 11.2 Å². The van der Waals surface area contributed by atoms with E-state index in [0.717, 1.165) is 43.6 Å².